The van der Waals surface area contributed by atoms with Crippen molar-refractivity contribution >= 4 is 0 Å². The molecule has 100 valence electrons. The first kappa shape index (κ1) is 13.6. The van der Waals surface area contributed by atoms with Crippen LogP contribution in [0.3, 0.4) is 0 Å². The average Bonchev–Trinajstić information content (AvgIpc) is 2.38. The molecule has 0 aliphatic rings. The van der Waals surface area contributed by atoms with Crippen molar-refractivity contribution in [3.05, 3.63) is 53.1 Å². The minimum atomic E-state index is 0.0772. The van der Waals surface area contributed by atoms with Gasteiger partial charge >= 0.3 is 0 Å². The third-order valence-electron chi connectivity index (χ3n) is 3.43. The number of nitrogens with two attached hydrogens (primary N) is 1. The standard InChI is InChI=1S/C17H21NO/c1-11-9-16(10-12(2)17(11)19-4)15-7-5-14(6-8-15)13(3)18/h5-10,13H,18H2,1-4H3. The van der Waals surface area contributed by atoms with Crippen LogP contribution in [0.4, 0.5) is 0 Å². The Labute approximate surface area is 115 Å². The van der Waals surface area contributed by atoms with Gasteiger partial charge in [0.05, 0.1) is 7.11 Å². The first-order valence-electron chi connectivity index (χ1n) is 6.54. The molecule has 0 aliphatic carbocycles. The molecule has 0 spiro atoms. The van der Waals surface area contributed by atoms with Gasteiger partial charge in [0.2, 0.25) is 0 Å². The summed E-state index contributed by atoms with van der Waals surface area (Å²) in [4.78, 5) is 0. The molecule has 0 amide bonds. The fourth-order valence-corrected chi connectivity index (χ4v) is 2.42. The third-order valence-corrected chi connectivity index (χ3v) is 3.43. The van der Waals surface area contributed by atoms with Crippen molar-refractivity contribution in [2.45, 2.75) is 26.8 Å². The van der Waals surface area contributed by atoms with Crippen LogP contribution in [-0.2, 0) is 0 Å². The van der Waals surface area contributed by atoms with E-state index in [1.54, 1.807) is 7.11 Å². The maximum Gasteiger partial charge on any atom is 0.124 e. The van der Waals surface area contributed by atoms with Crippen molar-refractivity contribution in [3.8, 4) is 16.9 Å². The van der Waals surface area contributed by atoms with Gasteiger partial charge in [0, 0.05) is 6.04 Å². The first-order chi connectivity index (χ1) is 9.02. The minimum absolute atomic E-state index is 0.0772. The number of benzene rings is 2. The van der Waals surface area contributed by atoms with Crippen LogP contribution >= 0.6 is 0 Å². The summed E-state index contributed by atoms with van der Waals surface area (Å²) in [5.74, 6) is 0.968. The number of aryl methyl sites for hydroxylation is 2. The van der Waals surface area contributed by atoms with E-state index in [9.17, 15) is 0 Å². The van der Waals surface area contributed by atoms with Gasteiger partial charge in [-0.25, -0.2) is 0 Å². The summed E-state index contributed by atoms with van der Waals surface area (Å²) in [5.41, 5.74) is 11.8. The van der Waals surface area contributed by atoms with E-state index in [2.05, 4.69) is 50.2 Å². The highest BCUT2D eigenvalue weighted by Crippen LogP contribution is 2.30. The fourth-order valence-electron chi connectivity index (χ4n) is 2.42. The maximum absolute atomic E-state index is 5.87. The predicted molar refractivity (Wildman–Crippen MR) is 80.5 cm³/mol. The normalized spacial score (nSPS) is 12.3. The lowest BCUT2D eigenvalue weighted by molar-refractivity contribution is 0.408. The van der Waals surface area contributed by atoms with Crippen LogP contribution in [0.15, 0.2) is 36.4 Å². The van der Waals surface area contributed by atoms with Gasteiger partial charge in [-0.15, -0.1) is 0 Å². The van der Waals surface area contributed by atoms with E-state index in [1.165, 1.54) is 11.1 Å². The van der Waals surface area contributed by atoms with Crippen molar-refractivity contribution in [1.29, 1.82) is 0 Å². The van der Waals surface area contributed by atoms with E-state index < -0.39 is 0 Å². The second-order valence-corrected chi connectivity index (χ2v) is 5.05. The topological polar surface area (TPSA) is 35.2 Å². The van der Waals surface area contributed by atoms with Gasteiger partial charge in [-0.2, -0.15) is 0 Å². The van der Waals surface area contributed by atoms with Crippen LogP contribution in [0.5, 0.6) is 5.75 Å². The van der Waals surface area contributed by atoms with Gasteiger partial charge in [-0.3, -0.25) is 0 Å². The second-order valence-electron chi connectivity index (χ2n) is 5.05. The smallest absolute Gasteiger partial charge is 0.124 e. The van der Waals surface area contributed by atoms with Crippen molar-refractivity contribution < 1.29 is 4.74 Å². The zero-order valence-electron chi connectivity index (χ0n) is 12.0. The van der Waals surface area contributed by atoms with Gasteiger partial charge in [-0.1, -0.05) is 24.3 Å². The Bertz CT molecular complexity index is 547. The summed E-state index contributed by atoms with van der Waals surface area (Å²) < 4.78 is 5.40. The predicted octanol–water partition coefficient (Wildman–Crippen LogP) is 4.00. The molecule has 1 unspecified atom stereocenters. The molecule has 1 atom stereocenters. The monoisotopic (exact) mass is 255 g/mol. The quantitative estimate of drug-likeness (QED) is 0.899. The summed E-state index contributed by atoms with van der Waals surface area (Å²) in [6, 6.07) is 12.8. The highest BCUT2D eigenvalue weighted by atomic mass is 16.5. The van der Waals surface area contributed by atoms with Gasteiger partial charge in [0.15, 0.2) is 0 Å². The van der Waals surface area contributed by atoms with Crippen molar-refractivity contribution in [1.82, 2.24) is 0 Å². The summed E-state index contributed by atoms with van der Waals surface area (Å²) >= 11 is 0. The number of hydrogen-bond acceptors (Lipinski definition) is 2. The largest absolute Gasteiger partial charge is 0.496 e. The number of hydrogen-bond donors (Lipinski definition) is 1. The highest BCUT2D eigenvalue weighted by Gasteiger charge is 2.07. The van der Waals surface area contributed by atoms with E-state index in [0.717, 1.165) is 22.4 Å². The molecule has 2 rings (SSSR count). The summed E-state index contributed by atoms with van der Waals surface area (Å²) in [6.45, 7) is 6.15. The van der Waals surface area contributed by atoms with Crippen LogP contribution in [0.2, 0.25) is 0 Å². The van der Waals surface area contributed by atoms with Gasteiger partial charge in [-0.05, 0) is 60.7 Å². The molecule has 0 fully saturated rings. The number of methoxy groups -OCH3 is 1. The Kier molecular flexibility index (Phi) is 3.91. The highest BCUT2D eigenvalue weighted by molar-refractivity contribution is 5.67. The molecule has 0 aromatic heterocycles. The lowest BCUT2D eigenvalue weighted by Crippen LogP contribution is -2.04. The first-order valence-corrected chi connectivity index (χ1v) is 6.54. The fraction of sp³-hybridized carbons (Fsp3) is 0.294. The Morgan fingerprint density at radius 2 is 1.47 bits per heavy atom. The summed E-state index contributed by atoms with van der Waals surface area (Å²) in [5, 5.41) is 0. The van der Waals surface area contributed by atoms with Gasteiger partial charge < -0.3 is 10.5 Å². The van der Waals surface area contributed by atoms with E-state index in [0.29, 0.717) is 0 Å². The Morgan fingerprint density at radius 3 is 1.89 bits per heavy atom. The number of ether oxygens (including phenoxy) is 1. The molecule has 0 saturated carbocycles. The molecular weight excluding hydrogens is 234 g/mol. The van der Waals surface area contributed by atoms with Crippen molar-refractivity contribution in [3.63, 3.8) is 0 Å². The lowest BCUT2D eigenvalue weighted by Gasteiger charge is -2.12. The molecule has 2 N–H and O–H groups in total. The Balaban J connectivity index is 2.42. The van der Waals surface area contributed by atoms with Crippen LogP contribution in [0.25, 0.3) is 11.1 Å². The molecule has 19 heavy (non-hydrogen) atoms. The molecule has 0 radical (unpaired) electrons. The van der Waals surface area contributed by atoms with E-state index >= 15 is 0 Å². The maximum atomic E-state index is 5.87. The second kappa shape index (κ2) is 5.45. The molecule has 0 heterocycles. The SMILES string of the molecule is COc1c(C)cc(-c2ccc(C(C)N)cc2)cc1C. The van der Waals surface area contributed by atoms with Crippen LogP contribution < -0.4 is 10.5 Å². The molecule has 0 bridgehead atoms. The van der Waals surface area contributed by atoms with Gasteiger partial charge in [0.25, 0.3) is 0 Å². The number of rotatable bonds is 3. The summed E-state index contributed by atoms with van der Waals surface area (Å²) in [7, 11) is 1.71. The van der Waals surface area contributed by atoms with Crippen LogP contribution in [0.1, 0.15) is 29.7 Å². The van der Waals surface area contributed by atoms with Crippen LogP contribution in [0, 0.1) is 13.8 Å². The molecule has 2 aromatic rings. The summed E-state index contributed by atoms with van der Waals surface area (Å²) in [6.07, 6.45) is 0. The molecule has 2 heteroatoms. The average molecular weight is 255 g/mol. The zero-order chi connectivity index (χ0) is 14.0. The molecule has 2 aromatic carbocycles. The van der Waals surface area contributed by atoms with Crippen LogP contribution in [-0.4, -0.2) is 7.11 Å². The third kappa shape index (κ3) is 2.79. The molecule has 2 nitrogen and oxygen atoms in total. The Morgan fingerprint density at radius 1 is 0.947 bits per heavy atom. The van der Waals surface area contributed by atoms with Gasteiger partial charge in [0.1, 0.15) is 5.75 Å². The molecule has 0 aliphatic heterocycles. The molecule has 0 saturated heterocycles. The van der Waals surface area contributed by atoms with E-state index in [4.69, 9.17) is 10.5 Å². The van der Waals surface area contributed by atoms with E-state index in [-0.39, 0.29) is 6.04 Å². The minimum Gasteiger partial charge on any atom is -0.496 e. The van der Waals surface area contributed by atoms with E-state index in [1.807, 2.05) is 6.92 Å². The lowest BCUT2D eigenvalue weighted by atomic mass is 9.98. The zero-order valence-corrected chi connectivity index (χ0v) is 12.0. The van der Waals surface area contributed by atoms with Crippen molar-refractivity contribution in [2.75, 3.05) is 7.11 Å². The Hall–Kier alpha value is -1.80. The van der Waals surface area contributed by atoms with Crippen molar-refractivity contribution in [2.24, 2.45) is 5.73 Å². The molecular formula is C17H21NO.